The van der Waals surface area contributed by atoms with Gasteiger partial charge in [-0.05, 0) is 32.9 Å². The van der Waals surface area contributed by atoms with Crippen molar-refractivity contribution >= 4 is 17.6 Å². The maximum atomic E-state index is 4.61. The molecule has 23 heavy (non-hydrogen) atoms. The Hall–Kier alpha value is -2.44. The lowest BCUT2D eigenvalue weighted by Gasteiger charge is -2.36. The molecule has 0 bridgehead atoms. The molecule has 0 saturated carbocycles. The average molecular weight is 313 g/mol. The van der Waals surface area contributed by atoms with Crippen LogP contribution >= 0.6 is 0 Å². The third-order valence-corrected chi connectivity index (χ3v) is 3.89. The van der Waals surface area contributed by atoms with E-state index in [0.29, 0.717) is 5.95 Å². The summed E-state index contributed by atoms with van der Waals surface area (Å²) >= 11 is 0. The largest absolute Gasteiger partial charge is 0.354 e. The lowest BCUT2D eigenvalue weighted by atomic mass is 10.3. The number of piperazine rings is 1. The average Bonchev–Trinajstić information content (AvgIpc) is 2.55. The smallest absolute Gasteiger partial charge is 0.224 e. The van der Waals surface area contributed by atoms with Gasteiger partial charge in [0.25, 0.3) is 0 Å². The second kappa shape index (κ2) is 6.76. The van der Waals surface area contributed by atoms with Crippen LogP contribution in [-0.4, -0.2) is 52.9 Å². The Kier molecular flexibility index (Phi) is 4.55. The SMILES string of the molecule is CCNc1nc(C)cc(N2CCN(c3ccc(C)nn3)CC2)n1. The topological polar surface area (TPSA) is 70.1 Å². The number of nitrogens with one attached hydrogen (secondary N) is 1. The molecular formula is C16H23N7. The van der Waals surface area contributed by atoms with Gasteiger partial charge in [0.2, 0.25) is 5.95 Å². The second-order valence-electron chi connectivity index (χ2n) is 5.73. The molecule has 1 aliphatic rings. The minimum Gasteiger partial charge on any atom is -0.354 e. The highest BCUT2D eigenvalue weighted by atomic mass is 15.3. The van der Waals surface area contributed by atoms with Gasteiger partial charge in [-0.2, -0.15) is 10.1 Å². The molecule has 3 rings (SSSR count). The summed E-state index contributed by atoms with van der Waals surface area (Å²) in [5.74, 6) is 2.64. The molecule has 0 aliphatic carbocycles. The standard InChI is InChI=1S/C16H23N7/c1-4-17-16-18-13(3)11-15(19-16)23-9-7-22(8-10-23)14-6-5-12(2)20-21-14/h5-6,11H,4,7-10H2,1-3H3,(H,17,18,19). The molecule has 0 atom stereocenters. The molecule has 0 spiro atoms. The number of nitrogens with zero attached hydrogens (tertiary/aromatic N) is 6. The predicted molar refractivity (Wildman–Crippen MR) is 92.1 cm³/mol. The zero-order chi connectivity index (χ0) is 16.2. The third kappa shape index (κ3) is 3.67. The zero-order valence-corrected chi connectivity index (χ0v) is 14.0. The normalized spacial score (nSPS) is 14.9. The summed E-state index contributed by atoms with van der Waals surface area (Å²) in [6.45, 7) is 10.5. The highest BCUT2D eigenvalue weighted by molar-refractivity contribution is 5.47. The highest BCUT2D eigenvalue weighted by Gasteiger charge is 2.20. The van der Waals surface area contributed by atoms with E-state index in [9.17, 15) is 0 Å². The number of anilines is 3. The maximum Gasteiger partial charge on any atom is 0.224 e. The van der Waals surface area contributed by atoms with Gasteiger partial charge in [-0.3, -0.25) is 0 Å². The quantitative estimate of drug-likeness (QED) is 0.920. The number of hydrogen-bond acceptors (Lipinski definition) is 7. The summed E-state index contributed by atoms with van der Waals surface area (Å²) in [5.41, 5.74) is 1.93. The van der Waals surface area contributed by atoms with Crippen molar-refractivity contribution in [1.29, 1.82) is 0 Å². The van der Waals surface area contributed by atoms with Crippen molar-refractivity contribution in [3.05, 3.63) is 29.6 Å². The van der Waals surface area contributed by atoms with Crippen LogP contribution in [0.1, 0.15) is 18.3 Å². The predicted octanol–water partition coefficient (Wildman–Crippen LogP) is 1.64. The van der Waals surface area contributed by atoms with Crippen molar-refractivity contribution in [2.24, 2.45) is 0 Å². The van der Waals surface area contributed by atoms with E-state index in [2.05, 4.69) is 35.3 Å². The Morgan fingerprint density at radius 2 is 1.61 bits per heavy atom. The molecule has 0 amide bonds. The summed E-state index contributed by atoms with van der Waals surface area (Å²) in [7, 11) is 0. The van der Waals surface area contributed by atoms with Gasteiger partial charge in [0.15, 0.2) is 5.82 Å². The van der Waals surface area contributed by atoms with Gasteiger partial charge < -0.3 is 15.1 Å². The van der Waals surface area contributed by atoms with Crippen molar-refractivity contribution in [2.45, 2.75) is 20.8 Å². The van der Waals surface area contributed by atoms with Crippen molar-refractivity contribution in [1.82, 2.24) is 20.2 Å². The van der Waals surface area contributed by atoms with Crippen molar-refractivity contribution in [2.75, 3.05) is 47.8 Å². The molecule has 7 heteroatoms. The van der Waals surface area contributed by atoms with E-state index in [-0.39, 0.29) is 0 Å². The lowest BCUT2D eigenvalue weighted by molar-refractivity contribution is 0.636. The molecule has 0 aromatic carbocycles. The van der Waals surface area contributed by atoms with E-state index in [1.165, 1.54) is 0 Å². The number of rotatable bonds is 4. The van der Waals surface area contributed by atoms with E-state index >= 15 is 0 Å². The molecule has 0 radical (unpaired) electrons. The van der Waals surface area contributed by atoms with Gasteiger partial charge in [-0.1, -0.05) is 0 Å². The molecule has 0 unspecified atom stereocenters. The third-order valence-electron chi connectivity index (χ3n) is 3.89. The fraction of sp³-hybridized carbons (Fsp3) is 0.500. The number of hydrogen-bond donors (Lipinski definition) is 1. The van der Waals surface area contributed by atoms with Crippen LogP contribution < -0.4 is 15.1 Å². The summed E-state index contributed by atoms with van der Waals surface area (Å²) in [6.07, 6.45) is 0. The van der Waals surface area contributed by atoms with Crippen LogP contribution in [0.15, 0.2) is 18.2 Å². The second-order valence-corrected chi connectivity index (χ2v) is 5.73. The van der Waals surface area contributed by atoms with E-state index in [1.807, 2.05) is 39.0 Å². The first kappa shape index (κ1) is 15.5. The van der Waals surface area contributed by atoms with Gasteiger partial charge >= 0.3 is 0 Å². The minimum absolute atomic E-state index is 0.703. The van der Waals surface area contributed by atoms with Crippen LogP contribution in [0.25, 0.3) is 0 Å². The zero-order valence-electron chi connectivity index (χ0n) is 14.0. The Bertz CT molecular complexity index is 648. The summed E-state index contributed by atoms with van der Waals surface area (Å²) in [6, 6.07) is 6.09. The fourth-order valence-electron chi connectivity index (χ4n) is 2.68. The van der Waals surface area contributed by atoms with Gasteiger partial charge in [-0.15, -0.1) is 5.10 Å². The van der Waals surface area contributed by atoms with Crippen LogP contribution in [0.3, 0.4) is 0 Å². The number of aryl methyl sites for hydroxylation is 2. The van der Waals surface area contributed by atoms with E-state index < -0.39 is 0 Å². The first-order valence-electron chi connectivity index (χ1n) is 8.05. The molecule has 2 aromatic rings. The molecule has 1 saturated heterocycles. The van der Waals surface area contributed by atoms with Gasteiger partial charge in [0.05, 0.1) is 5.69 Å². The Morgan fingerprint density at radius 3 is 2.22 bits per heavy atom. The monoisotopic (exact) mass is 313 g/mol. The molecule has 7 nitrogen and oxygen atoms in total. The summed E-state index contributed by atoms with van der Waals surface area (Å²) in [5, 5.41) is 11.6. The highest BCUT2D eigenvalue weighted by Crippen LogP contribution is 2.19. The molecule has 1 aliphatic heterocycles. The van der Waals surface area contributed by atoms with Crippen molar-refractivity contribution in [3.8, 4) is 0 Å². The van der Waals surface area contributed by atoms with E-state index in [4.69, 9.17) is 0 Å². The fourth-order valence-corrected chi connectivity index (χ4v) is 2.68. The van der Waals surface area contributed by atoms with Gasteiger partial charge in [0, 0.05) is 44.5 Å². The summed E-state index contributed by atoms with van der Waals surface area (Å²) in [4.78, 5) is 13.6. The first-order valence-corrected chi connectivity index (χ1v) is 8.05. The molecule has 1 fully saturated rings. The van der Waals surface area contributed by atoms with Crippen LogP contribution in [-0.2, 0) is 0 Å². The van der Waals surface area contributed by atoms with E-state index in [0.717, 1.165) is 55.7 Å². The summed E-state index contributed by atoms with van der Waals surface area (Å²) < 4.78 is 0. The van der Waals surface area contributed by atoms with Crippen LogP contribution in [0.5, 0.6) is 0 Å². The molecule has 1 N–H and O–H groups in total. The van der Waals surface area contributed by atoms with E-state index in [1.54, 1.807) is 0 Å². The van der Waals surface area contributed by atoms with Gasteiger partial charge in [-0.25, -0.2) is 4.98 Å². The Balaban J connectivity index is 1.68. The Morgan fingerprint density at radius 1 is 0.913 bits per heavy atom. The van der Waals surface area contributed by atoms with Crippen LogP contribution in [0, 0.1) is 13.8 Å². The van der Waals surface area contributed by atoms with Crippen molar-refractivity contribution < 1.29 is 0 Å². The van der Waals surface area contributed by atoms with Crippen LogP contribution in [0.4, 0.5) is 17.6 Å². The molecule has 122 valence electrons. The van der Waals surface area contributed by atoms with Crippen molar-refractivity contribution in [3.63, 3.8) is 0 Å². The first-order chi connectivity index (χ1) is 11.2. The lowest BCUT2D eigenvalue weighted by Crippen LogP contribution is -2.47. The van der Waals surface area contributed by atoms with Crippen LogP contribution in [0.2, 0.25) is 0 Å². The molecule has 3 heterocycles. The number of aromatic nitrogens is 4. The minimum atomic E-state index is 0.703. The maximum absolute atomic E-state index is 4.61. The molecule has 2 aromatic heterocycles. The molecular weight excluding hydrogens is 290 g/mol. The Labute approximate surface area is 136 Å². The van der Waals surface area contributed by atoms with Gasteiger partial charge in [0.1, 0.15) is 5.82 Å².